The maximum Gasteiger partial charge on any atom is 0.253 e. The number of carbonyl (C=O) groups is 1. The van der Waals surface area contributed by atoms with E-state index in [0.29, 0.717) is 11.5 Å². The summed E-state index contributed by atoms with van der Waals surface area (Å²) in [7, 11) is -2.07. The van der Waals surface area contributed by atoms with Crippen LogP contribution < -0.4 is 9.62 Å². The quantitative estimate of drug-likeness (QED) is 0.657. The molecule has 146 valence electrons. The van der Waals surface area contributed by atoms with Gasteiger partial charge in [0.25, 0.3) is 5.91 Å². The number of benzene rings is 2. The summed E-state index contributed by atoms with van der Waals surface area (Å²) in [4.78, 5) is 16.7. The number of amides is 1. The van der Waals surface area contributed by atoms with Crippen LogP contribution in [0.3, 0.4) is 0 Å². The molecule has 1 amide bonds. The predicted molar refractivity (Wildman–Crippen MR) is 106 cm³/mol. The van der Waals surface area contributed by atoms with Crippen molar-refractivity contribution in [3.05, 3.63) is 65.0 Å². The maximum atomic E-state index is 12.5. The number of hydrogen-bond donors (Lipinski definition) is 1. The summed E-state index contributed by atoms with van der Waals surface area (Å²) in [6, 6.07) is 13.7. The van der Waals surface area contributed by atoms with E-state index in [2.05, 4.69) is 15.5 Å². The molecular formula is C18H17ClN4O4S. The Morgan fingerprint density at radius 2 is 1.93 bits per heavy atom. The zero-order valence-corrected chi connectivity index (χ0v) is 16.7. The van der Waals surface area contributed by atoms with Gasteiger partial charge < -0.3 is 9.84 Å². The highest BCUT2D eigenvalue weighted by atomic mass is 35.5. The lowest BCUT2D eigenvalue weighted by molar-refractivity contribution is 0.0946. The van der Waals surface area contributed by atoms with E-state index in [4.69, 9.17) is 16.1 Å². The summed E-state index contributed by atoms with van der Waals surface area (Å²) in [5.41, 5.74) is 1.25. The monoisotopic (exact) mass is 420 g/mol. The van der Waals surface area contributed by atoms with E-state index in [1.807, 2.05) is 30.3 Å². The third kappa shape index (κ3) is 4.49. The standard InChI is InChI=1S/C18H17ClN4O4S/c1-23(28(2,25)26)13-8-9-15(19)14(10-13)18(24)20-11-16-21-17(22-27-16)12-6-4-3-5-7-12/h3-10H,11H2,1-2H3,(H,20,24). The highest BCUT2D eigenvalue weighted by Gasteiger charge is 2.17. The molecule has 28 heavy (non-hydrogen) atoms. The number of rotatable bonds is 6. The minimum atomic E-state index is -3.46. The number of sulfonamides is 1. The van der Waals surface area contributed by atoms with Crippen LogP contribution in [-0.4, -0.2) is 37.8 Å². The van der Waals surface area contributed by atoms with Crippen molar-refractivity contribution >= 4 is 33.2 Å². The predicted octanol–water partition coefficient (Wildman–Crippen LogP) is 2.72. The lowest BCUT2D eigenvalue weighted by atomic mass is 10.2. The van der Waals surface area contributed by atoms with Crippen LogP contribution in [0.25, 0.3) is 11.4 Å². The summed E-state index contributed by atoms with van der Waals surface area (Å²) >= 11 is 6.10. The number of hydrogen-bond acceptors (Lipinski definition) is 6. The van der Waals surface area contributed by atoms with Gasteiger partial charge >= 0.3 is 0 Å². The van der Waals surface area contributed by atoms with Crippen molar-refractivity contribution in [3.8, 4) is 11.4 Å². The van der Waals surface area contributed by atoms with Crippen LogP contribution >= 0.6 is 11.6 Å². The third-order valence-corrected chi connectivity index (χ3v) is 5.49. The van der Waals surface area contributed by atoms with Gasteiger partial charge in [0.15, 0.2) is 0 Å². The molecule has 8 nitrogen and oxygen atoms in total. The molecular weight excluding hydrogens is 404 g/mol. The molecule has 0 aliphatic heterocycles. The van der Waals surface area contributed by atoms with Gasteiger partial charge in [-0.1, -0.05) is 47.1 Å². The Bertz CT molecular complexity index is 1100. The second-order valence-corrected chi connectivity index (χ2v) is 8.38. The molecule has 0 aliphatic carbocycles. The Morgan fingerprint density at radius 1 is 1.21 bits per heavy atom. The van der Waals surface area contributed by atoms with Crippen molar-refractivity contribution in [1.82, 2.24) is 15.5 Å². The highest BCUT2D eigenvalue weighted by molar-refractivity contribution is 7.92. The van der Waals surface area contributed by atoms with E-state index in [1.165, 1.54) is 25.2 Å². The average molecular weight is 421 g/mol. The van der Waals surface area contributed by atoms with E-state index >= 15 is 0 Å². The van der Waals surface area contributed by atoms with Crippen LogP contribution in [0.2, 0.25) is 5.02 Å². The molecule has 0 spiro atoms. The Labute approximate surface area is 167 Å². The number of carbonyl (C=O) groups excluding carboxylic acids is 1. The van der Waals surface area contributed by atoms with Crippen molar-refractivity contribution < 1.29 is 17.7 Å². The summed E-state index contributed by atoms with van der Waals surface area (Å²) < 4.78 is 29.6. The summed E-state index contributed by atoms with van der Waals surface area (Å²) in [5.74, 6) is 0.153. The molecule has 0 bridgehead atoms. The molecule has 0 aliphatic rings. The number of aromatic nitrogens is 2. The van der Waals surface area contributed by atoms with Gasteiger partial charge in [0.1, 0.15) is 0 Å². The van der Waals surface area contributed by atoms with Gasteiger partial charge in [-0.15, -0.1) is 0 Å². The first-order valence-electron chi connectivity index (χ1n) is 8.15. The molecule has 0 unspecified atom stereocenters. The topological polar surface area (TPSA) is 105 Å². The number of halogens is 1. The van der Waals surface area contributed by atoms with Crippen LogP contribution in [0.5, 0.6) is 0 Å². The number of nitrogens with one attached hydrogen (secondary N) is 1. The Hall–Kier alpha value is -2.91. The van der Waals surface area contributed by atoms with Crippen molar-refractivity contribution in [3.63, 3.8) is 0 Å². The first-order valence-corrected chi connectivity index (χ1v) is 10.4. The van der Waals surface area contributed by atoms with Crippen LogP contribution in [0.4, 0.5) is 5.69 Å². The fourth-order valence-corrected chi connectivity index (χ4v) is 3.06. The minimum Gasteiger partial charge on any atom is -0.343 e. The van der Waals surface area contributed by atoms with Crippen LogP contribution in [0.15, 0.2) is 53.1 Å². The molecule has 3 aromatic rings. The summed E-state index contributed by atoms with van der Waals surface area (Å²) in [6.45, 7) is 0.00113. The van der Waals surface area contributed by atoms with Crippen molar-refractivity contribution in [2.45, 2.75) is 6.54 Å². The lowest BCUT2D eigenvalue weighted by Gasteiger charge is -2.17. The fraction of sp³-hybridized carbons (Fsp3) is 0.167. The van der Waals surface area contributed by atoms with E-state index < -0.39 is 15.9 Å². The molecule has 0 atom stereocenters. The molecule has 0 saturated heterocycles. The van der Waals surface area contributed by atoms with Gasteiger partial charge in [0.2, 0.25) is 21.7 Å². The van der Waals surface area contributed by atoms with Crippen molar-refractivity contribution in [2.75, 3.05) is 17.6 Å². The van der Waals surface area contributed by atoms with E-state index in [0.717, 1.165) is 16.1 Å². The lowest BCUT2D eigenvalue weighted by Crippen LogP contribution is -2.26. The molecule has 1 N–H and O–H groups in total. The van der Waals surface area contributed by atoms with E-state index in [-0.39, 0.29) is 23.0 Å². The van der Waals surface area contributed by atoms with E-state index in [1.54, 1.807) is 0 Å². The SMILES string of the molecule is CN(c1ccc(Cl)c(C(=O)NCc2nc(-c3ccccc3)no2)c1)S(C)(=O)=O. The summed E-state index contributed by atoms with van der Waals surface area (Å²) in [5, 5.41) is 6.71. The van der Waals surface area contributed by atoms with Gasteiger partial charge in [-0.3, -0.25) is 9.10 Å². The van der Waals surface area contributed by atoms with Gasteiger partial charge in [-0.25, -0.2) is 8.42 Å². The molecule has 1 heterocycles. The Kier molecular flexibility index (Phi) is 5.66. The van der Waals surface area contributed by atoms with Gasteiger partial charge in [-0.05, 0) is 18.2 Å². The second-order valence-electron chi connectivity index (χ2n) is 5.96. The van der Waals surface area contributed by atoms with Crippen LogP contribution in [0.1, 0.15) is 16.2 Å². The Morgan fingerprint density at radius 3 is 2.61 bits per heavy atom. The van der Waals surface area contributed by atoms with Crippen LogP contribution in [0, 0.1) is 0 Å². The van der Waals surface area contributed by atoms with Gasteiger partial charge in [0, 0.05) is 12.6 Å². The third-order valence-electron chi connectivity index (χ3n) is 3.96. The van der Waals surface area contributed by atoms with Crippen molar-refractivity contribution in [1.29, 1.82) is 0 Å². The maximum absolute atomic E-state index is 12.5. The first-order chi connectivity index (χ1) is 13.3. The summed E-state index contributed by atoms with van der Waals surface area (Å²) in [6.07, 6.45) is 1.07. The zero-order valence-electron chi connectivity index (χ0n) is 15.1. The molecule has 2 aromatic carbocycles. The number of anilines is 1. The molecule has 10 heteroatoms. The molecule has 3 rings (SSSR count). The highest BCUT2D eigenvalue weighted by Crippen LogP contribution is 2.24. The fourth-order valence-electron chi connectivity index (χ4n) is 2.36. The Balaban J connectivity index is 1.73. The largest absolute Gasteiger partial charge is 0.343 e. The first kappa shape index (κ1) is 19.8. The van der Waals surface area contributed by atoms with Gasteiger partial charge in [-0.2, -0.15) is 4.98 Å². The molecule has 0 fully saturated rings. The molecule has 1 aromatic heterocycles. The minimum absolute atomic E-state index is 0.00113. The normalized spacial score (nSPS) is 11.2. The van der Waals surface area contributed by atoms with Gasteiger partial charge in [0.05, 0.1) is 29.1 Å². The van der Waals surface area contributed by atoms with E-state index in [9.17, 15) is 13.2 Å². The molecule has 0 saturated carbocycles. The average Bonchev–Trinajstić information content (AvgIpc) is 3.15. The second kappa shape index (κ2) is 7.99. The smallest absolute Gasteiger partial charge is 0.253 e. The zero-order chi connectivity index (χ0) is 20.3. The van der Waals surface area contributed by atoms with Crippen molar-refractivity contribution in [2.24, 2.45) is 0 Å². The molecule has 0 radical (unpaired) electrons. The van der Waals surface area contributed by atoms with Crippen LogP contribution in [-0.2, 0) is 16.6 Å². The number of nitrogens with zero attached hydrogens (tertiary/aromatic N) is 3.